The van der Waals surface area contributed by atoms with E-state index in [-0.39, 0.29) is 12.2 Å². The molecule has 0 amide bonds. The van der Waals surface area contributed by atoms with Gasteiger partial charge in [0.2, 0.25) is 11.7 Å². The predicted molar refractivity (Wildman–Crippen MR) is 72.6 cm³/mol. The summed E-state index contributed by atoms with van der Waals surface area (Å²) in [5, 5.41) is 12.7. The Morgan fingerprint density at radius 2 is 2.19 bits per heavy atom. The molecule has 7 nitrogen and oxygen atoms in total. The monoisotopic (exact) mass is 292 g/mol. The van der Waals surface area contributed by atoms with Crippen molar-refractivity contribution in [1.82, 2.24) is 10.1 Å². The zero-order chi connectivity index (χ0) is 15.2. The molecule has 21 heavy (non-hydrogen) atoms. The highest BCUT2D eigenvalue weighted by Crippen LogP contribution is 2.28. The first kappa shape index (κ1) is 14.8. The van der Waals surface area contributed by atoms with Gasteiger partial charge in [-0.2, -0.15) is 4.98 Å². The van der Waals surface area contributed by atoms with E-state index in [1.165, 1.54) is 25.3 Å². The van der Waals surface area contributed by atoms with E-state index in [0.29, 0.717) is 23.2 Å². The topological polar surface area (TPSA) is 94.7 Å². The molecular weight excluding hydrogens is 276 g/mol. The van der Waals surface area contributed by atoms with Gasteiger partial charge in [-0.1, -0.05) is 12.1 Å². The molecule has 1 heterocycles. The summed E-state index contributed by atoms with van der Waals surface area (Å²) in [5.41, 5.74) is 0.129. The summed E-state index contributed by atoms with van der Waals surface area (Å²) in [6.07, 6.45) is 1.65. The van der Waals surface area contributed by atoms with Crippen LogP contribution in [0.1, 0.15) is 35.4 Å². The van der Waals surface area contributed by atoms with Crippen LogP contribution in [0.25, 0.3) is 0 Å². The number of aromatic carboxylic acids is 1. The second-order valence-corrected chi connectivity index (χ2v) is 4.31. The van der Waals surface area contributed by atoms with Crippen LogP contribution in [-0.4, -0.2) is 28.3 Å². The Morgan fingerprint density at radius 3 is 2.86 bits per heavy atom. The second kappa shape index (κ2) is 6.74. The number of hydrogen-bond acceptors (Lipinski definition) is 6. The number of ether oxygens (including phenoxy) is 2. The molecule has 2 rings (SSSR count). The van der Waals surface area contributed by atoms with Crippen LogP contribution in [0.4, 0.5) is 0 Å². The summed E-state index contributed by atoms with van der Waals surface area (Å²) in [5.74, 6) is 0.742. The van der Waals surface area contributed by atoms with Gasteiger partial charge in [0.1, 0.15) is 0 Å². The smallest absolute Gasteiger partial charge is 0.335 e. The summed E-state index contributed by atoms with van der Waals surface area (Å²) < 4.78 is 15.7. The van der Waals surface area contributed by atoms with Gasteiger partial charge in [-0.25, -0.2) is 4.79 Å². The van der Waals surface area contributed by atoms with Gasteiger partial charge in [0.15, 0.2) is 18.1 Å². The third kappa shape index (κ3) is 3.71. The third-order valence-corrected chi connectivity index (χ3v) is 2.74. The van der Waals surface area contributed by atoms with Crippen molar-refractivity contribution in [2.24, 2.45) is 0 Å². The molecule has 0 atom stereocenters. The minimum Gasteiger partial charge on any atom is -0.493 e. The van der Waals surface area contributed by atoms with E-state index < -0.39 is 5.97 Å². The molecule has 2 aromatic rings. The van der Waals surface area contributed by atoms with Crippen molar-refractivity contribution < 1.29 is 23.9 Å². The van der Waals surface area contributed by atoms with Crippen molar-refractivity contribution in [3.8, 4) is 11.5 Å². The van der Waals surface area contributed by atoms with E-state index in [4.69, 9.17) is 19.1 Å². The normalized spacial score (nSPS) is 10.4. The number of carboxylic acid groups (broad SMARTS) is 1. The highest BCUT2D eigenvalue weighted by molar-refractivity contribution is 5.88. The average Bonchev–Trinajstić information content (AvgIpc) is 2.93. The van der Waals surface area contributed by atoms with Gasteiger partial charge in [-0.15, -0.1) is 0 Å². The largest absolute Gasteiger partial charge is 0.493 e. The van der Waals surface area contributed by atoms with Crippen molar-refractivity contribution in [1.29, 1.82) is 0 Å². The lowest BCUT2D eigenvalue weighted by molar-refractivity contribution is 0.0696. The molecule has 0 saturated heterocycles. The Bertz CT molecular complexity index is 624. The fraction of sp³-hybridized carbons (Fsp3) is 0.357. The first-order valence-corrected chi connectivity index (χ1v) is 6.49. The SMILES string of the molecule is CCCc1nc(COc2ccc(C(=O)O)cc2OC)no1. The predicted octanol–water partition coefficient (Wildman–Crippen LogP) is 2.31. The maximum atomic E-state index is 10.9. The molecule has 0 spiro atoms. The summed E-state index contributed by atoms with van der Waals surface area (Å²) in [6.45, 7) is 2.14. The number of aryl methyl sites for hydroxylation is 1. The Balaban J connectivity index is 2.06. The molecule has 0 aliphatic heterocycles. The number of hydrogen-bond donors (Lipinski definition) is 1. The number of aromatic nitrogens is 2. The van der Waals surface area contributed by atoms with Crippen molar-refractivity contribution in [2.45, 2.75) is 26.4 Å². The molecule has 0 aliphatic rings. The quantitative estimate of drug-likeness (QED) is 0.836. The molecule has 112 valence electrons. The van der Waals surface area contributed by atoms with Crippen LogP contribution in [0.15, 0.2) is 22.7 Å². The lowest BCUT2D eigenvalue weighted by Gasteiger charge is -2.09. The van der Waals surface area contributed by atoms with Gasteiger partial charge in [-0.3, -0.25) is 0 Å². The van der Waals surface area contributed by atoms with Gasteiger partial charge in [0, 0.05) is 6.42 Å². The molecule has 0 fully saturated rings. The third-order valence-electron chi connectivity index (χ3n) is 2.74. The molecule has 7 heteroatoms. The molecule has 1 aromatic heterocycles. The molecule has 0 radical (unpaired) electrons. The first-order chi connectivity index (χ1) is 10.1. The molecule has 0 aliphatic carbocycles. The van der Waals surface area contributed by atoms with E-state index in [0.717, 1.165) is 12.8 Å². The molecule has 0 bridgehead atoms. The van der Waals surface area contributed by atoms with E-state index in [9.17, 15) is 4.79 Å². The Labute approximate surface area is 121 Å². The maximum Gasteiger partial charge on any atom is 0.335 e. The van der Waals surface area contributed by atoms with Crippen LogP contribution in [0, 0.1) is 0 Å². The molecular formula is C14H16N2O5. The fourth-order valence-electron chi connectivity index (χ4n) is 1.73. The van der Waals surface area contributed by atoms with Crippen molar-refractivity contribution in [2.75, 3.05) is 7.11 Å². The number of rotatable bonds is 7. The Morgan fingerprint density at radius 1 is 1.38 bits per heavy atom. The molecule has 0 unspecified atom stereocenters. The number of benzene rings is 1. The van der Waals surface area contributed by atoms with Gasteiger partial charge in [0.25, 0.3) is 0 Å². The molecule has 1 N–H and O–H groups in total. The fourth-order valence-corrected chi connectivity index (χ4v) is 1.73. The van der Waals surface area contributed by atoms with E-state index in [1.807, 2.05) is 6.92 Å². The van der Waals surface area contributed by atoms with Gasteiger partial charge < -0.3 is 19.1 Å². The standard InChI is InChI=1S/C14H16N2O5/c1-3-4-13-15-12(16-21-13)8-20-10-6-5-9(14(17)18)7-11(10)19-2/h5-7H,3-4,8H2,1-2H3,(H,17,18). The lowest BCUT2D eigenvalue weighted by atomic mass is 10.2. The zero-order valence-electron chi connectivity index (χ0n) is 11.8. The maximum absolute atomic E-state index is 10.9. The molecule has 1 aromatic carbocycles. The minimum atomic E-state index is -1.03. The number of methoxy groups -OCH3 is 1. The van der Waals surface area contributed by atoms with Crippen molar-refractivity contribution in [3.05, 3.63) is 35.5 Å². The number of nitrogens with zero attached hydrogens (tertiary/aromatic N) is 2. The highest BCUT2D eigenvalue weighted by Gasteiger charge is 2.12. The summed E-state index contributed by atoms with van der Waals surface area (Å²) in [6, 6.07) is 4.38. The average molecular weight is 292 g/mol. The van der Waals surface area contributed by atoms with Gasteiger partial charge >= 0.3 is 5.97 Å². The van der Waals surface area contributed by atoms with Gasteiger partial charge in [-0.05, 0) is 24.6 Å². The van der Waals surface area contributed by atoms with Crippen molar-refractivity contribution >= 4 is 5.97 Å². The Hall–Kier alpha value is -2.57. The van der Waals surface area contributed by atoms with Crippen LogP contribution >= 0.6 is 0 Å². The Kier molecular flexibility index (Phi) is 4.76. The first-order valence-electron chi connectivity index (χ1n) is 6.49. The van der Waals surface area contributed by atoms with E-state index in [2.05, 4.69) is 10.1 Å². The molecule has 0 saturated carbocycles. The van der Waals surface area contributed by atoms with Crippen LogP contribution in [0.2, 0.25) is 0 Å². The summed E-state index contributed by atoms with van der Waals surface area (Å²) in [7, 11) is 1.45. The number of carboxylic acids is 1. The zero-order valence-corrected chi connectivity index (χ0v) is 11.8. The summed E-state index contributed by atoms with van der Waals surface area (Å²) in [4.78, 5) is 15.1. The van der Waals surface area contributed by atoms with Crippen LogP contribution in [0.5, 0.6) is 11.5 Å². The highest BCUT2D eigenvalue weighted by atomic mass is 16.5. The van der Waals surface area contributed by atoms with Crippen LogP contribution < -0.4 is 9.47 Å². The van der Waals surface area contributed by atoms with Crippen LogP contribution in [-0.2, 0) is 13.0 Å². The van der Waals surface area contributed by atoms with Gasteiger partial charge in [0.05, 0.1) is 12.7 Å². The van der Waals surface area contributed by atoms with E-state index >= 15 is 0 Å². The minimum absolute atomic E-state index is 0.121. The van der Waals surface area contributed by atoms with Crippen molar-refractivity contribution in [3.63, 3.8) is 0 Å². The number of carbonyl (C=O) groups is 1. The van der Waals surface area contributed by atoms with Crippen LogP contribution in [0.3, 0.4) is 0 Å². The summed E-state index contributed by atoms with van der Waals surface area (Å²) >= 11 is 0. The van der Waals surface area contributed by atoms with E-state index in [1.54, 1.807) is 0 Å². The lowest BCUT2D eigenvalue weighted by Crippen LogP contribution is -2.02. The second-order valence-electron chi connectivity index (χ2n) is 4.31.